The monoisotopic (exact) mass is 266 g/mol. The van der Waals surface area contributed by atoms with Gasteiger partial charge in [0, 0.05) is 12.4 Å². The molecule has 18 heavy (non-hydrogen) atoms. The van der Waals surface area contributed by atoms with Crippen LogP contribution in [0.5, 0.6) is 5.75 Å². The summed E-state index contributed by atoms with van der Waals surface area (Å²) in [6, 6.07) is 11.0. The molecule has 2 N–H and O–H groups in total. The molecule has 0 saturated heterocycles. The lowest BCUT2D eigenvalue weighted by atomic mass is 10.3. The Labute approximate surface area is 111 Å². The third-order valence-corrected chi connectivity index (χ3v) is 2.69. The summed E-state index contributed by atoms with van der Waals surface area (Å²) in [5.74, 6) is 0.583. The number of aromatic nitrogens is 1. The number of rotatable bonds is 6. The van der Waals surface area contributed by atoms with E-state index in [1.165, 1.54) is 0 Å². The van der Waals surface area contributed by atoms with Crippen LogP contribution in [0.4, 0.5) is 0 Å². The molecule has 0 bridgehead atoms. The van der Waals surface area contributed by atoms with Crippen molar-refractivity contribution >= 4 is 11.6 Å². The van der Waals surface area contributed by atoms with Crippen molar-refractivity contribution in [2.24, 2.45) is 0 Å². The molecule has 0 radical (unpaired) electrons. The SMILES string of the molecule is OC(CNn1cccc1)COc1ccccc1Cl. The van der Waals surface area contributed by atoms with E-state index in [4.69, 9.17) is 16.3 Å². The van der Waals surface area contributed by atoms with Crippen molar-refractivity contribution in [3.8, 4) is 5.75 Å². The Balaban J connectivity index is 1.75. The third kappa shape index (κ3) is 3.68. The first-order chi connectivity index (χ1) is 8.75. The molecule has 1 heterocycles. The Hall–Kier alpha value is -1.65. The molecule has 1 unspecified atom stereocenters. The quantitative estimate of drug-likeness (QED) is 0.842. The Kier molecular flexibility index (Phi) is 4.50. The van der Waals surface area contributed by atoms with E-state index in [1.54, 1.807) is 16.8 Å². The molecule has 0 fully saturated rings. The number of ether oxygens (including phenoxy) is 1. The van der Waals surface area contributed by atoms with Crippen molar-refractivity contribution in [1.82, 2.24) is 4.68 Å². The number of halogens is 1. The van der Waals surface area contributed by atoms with Crippen LogP contribution in [-0.2, 0) is 0 Å². The maximum absolute atomic E-state index is 9.76. The van der Waals surface area contributed by atoms with Gasteiger partial charge in [-0.15, -0.1) is 0 Å². The number of nitrogens with zero attached hydrogens (tertiary/aromatic N) is 1. The summed E-state index contributed by atoms with van der Waals surface area (Å²) in [7, 11) is 0. The zero-order valence-corrected chi connectivity index (χ0v) is 10.5. The largest absolute Gasteiger partial charge is 0.489 e. The molecular formula is C13H15ClN2O2. The van der Waals surface area contributed by atoms with Crippen LogP contribution in [-0.4, -0.2) is 29.0 Å². The lowest BCUT2D eigenvalue weighted by molar-refractivity contribution is 0.115. The van der Waals surface area contributed by atoms with E-state index in [-0.39, 0.29) is 6.61 Å². The topological polar surface area (TPSA) is 46.4 Å². The molecule has 0 aliphatic rings. The van der Waals surface area contributed by atoms with E-state index in [1.807, 2.05) is 36.7 Å². The van der Waals surface area contributed by atoms with Gasteiger partial charge < -0.3 is 15.3 Å². The highest BCUT2D eigenvalue weighted by atomic mass is 35.5. The highest BCUT2D eigenvalue weighted by Crippen LogP contribution is 2.22. The highest BCUT2D eigenvalue weighted by Gasteiger charge is 2.06. The predicted molar refractivity (Wildman–Crippen MR) is 71.6 cm³/mol. The highest BCUT2D eigenvalue weighted by molar-refractivity contribution is 6.32. The van der Waals surface area contributed by atoms with Crippen molar-refractivity contribution in [2.75, 3.05) is 18.6 Å². The van der Waals surface area contributed by atoms with Gasteiger partial charge in [-0.1, -0.05) is 23.7 Å². The smallest absolute Gasteiger partial charge is 0.138 e. The van der Waals surface area contributed by atoms with Gasteiger partial charge in [-0.25, -0.2) is 0 Å². The minimum Gasteiger partial charge on any atom is -0.489 e. The van der Waals surface area contributed by atoms with Crippen LogP contribution in [0.25, 0.3) is 0 Å². The van der Waals surface area contributed by atoms with Crippen molar-refractivity contribution < 1.29 is 9.84 Å². The van der Waals surface area contributed by atoms with Crippen LogP contribution in [0.1, 0.15) is 0 Å². The number of para-hydroxylation sites is 1. The standard InChI is InChI=1S/C13H15ClN2O2/c14-12-5-1-2-6-13(12)18-10-11(17)9-15-16-7-3-4-8-16/h1-8,11,15,17H,9-10H2. The summed E-state index contributed by atoms with van der Waals surface area (Å²) >= 11 is 5.94. The van der Waals surface area contributed by atoms with Gasteiger partial charge in [-0.3, -0.25) is 4.68 Å². The van der Waals surface area contributed by atoms with E-state index < -0.39 is 6.10 Å². The fraction of sp³-hybridized carbons (Fsp3) is 0.231. The maximum Gasteiger partial charge on any atom is 0.138 e. The van der Waals surface area contributed by atoms with Gasteiger partial charge in [-0.05, 0) is 24.3 Å². The molecule has 0 saturated carbocycles. The summed E-state index contributed by atoms with van der Waals surface area (Å²) < 4.78 is 7.21. The summed E-state index contributed by atoms with van der Waals surface area (Å²) in [5.41, 5.74) is 3.03. The molecule has 1 aromatic heterocycles. The van der Waals surface area contributed by atoms with Gasteiger partial charge in [0.25, 0.3) is 0 Å². The van der Waals surface area contributed by atoms with Gasteiger partial charge in [0.05, 0.1) is 11.6 Å². The Bertz CT molecular complexity index is 474. The second-order valence-corrected chi connectivity index (χ2v) is 4.26. The molecule has 0 aliphatic carbocycles. The average molecular weight is 267 g/mol. The molecule has 4 nitrogen and oxygen atoms in total. The zero-order chi connectivity index (χ0) is 12.8. The van der Waals surface area contributed by atoms with Crippen molar-refractivity contribution in [1.29, 1.82) is 0 Å². The summed E-state index contributed by atoms with van der Waals surface area (Å²) in [5, 5.41) is 10.3. The minimum absolute atomic E-state index is 0.192. The fourth-order valence-corrected chi connectivity index (χ4v) is 1.65. The predicted octanol–water partition coefficient (Wildman–Crippen LogP) is 2.12. The van der Waals surface area contributed by atoms with Crippen LogP contribution in [0.2, 0.25) is 5.02 Å². The minimum atomic E-state index is -0.608. The number of hydrogen-bond acceptors (Lipinski definition) is 3. The van der Waals surface area contributed by atoms with Crippen LogP contribution < -0.4 is 10.2 Å². The van der Waals surface area contributed by atoms with E-state index in [0.29, 0.717) is 17.3 Å². The fourth-order valence-electron chi connectivity index (χ4n) is 1.46. The molecule has 96 valence electrons. The molecule has 1 atom stereocenters. The number of aliphatic hydroxyl groups is 1. The van der Waals surface area contributed by atoms with Gasteiger partial charge in [0.1, 0.15) is 18.5 Å². The van der Waals surface area contributed by atoms with Crippen LogP contribution in [0, 0.1) is 0 Å². The summed E-state index contributed by atoms with van der Waals surface area (Å²) in [6.45, 7) is 0.594. The number of hydrogen-bond donors (Lipinski definition) is 2. The van der Waals surface area contributed by atoms with Crippen molar-refractivity contribution in [3.63, 3.8) is 0 Å². The number of nitrogens with one attached hydrogen (secondary N) is 1. The van der Waals surface area contributed by atoms with Gasteiger partial charge in [-0.2, -0.15) is 0 Å². The molecule has 5 heteroatoms. The van der Waals surface area contributed by atoms with Crippen molar-refractivity contribution in [3.05, 3.63) is 53.8 Å². The van der Waals surface area contributed by atoms with Gasteiger partial charge in [0.15, 0.2) is 0 Å². The summed E-state index contributed by atoms with van der Waals surface area (Å²) in [6.07, 6.45) is 3.12. The lowest BCUT2D eigenvalue weighted by Gasteiger charge is -2.15. The molecule has 1 aromatic carbocycles. The third-order valence-electron chi connectivity index (χ3n) is 2.38. The zero-order valence-electron chi connectivity index (χ0n) is 9.79. The van der Waals surface area contributed by atoms with E-state index in [2.05, 4.69) is 5.43 Å². The van der Waals surface area contributed by atoms with E-state index in [0.717, 1.165) is 0 Å². The van der Waals surface area contributed by atoms with Crippen LogP contribution in [0.15, 0.2) is 48.8 Å². The van der Waals surface area contributed by atoms with E-state index >= 15 is 0 Å². The average Bonchev–Trinajstić information content (AvgIpc) is 2.88. The lowest BCUT2D eigenvalue weighted by Crippen LogP contribution is -2.30. The Morgan fingerprint density at radius 3 is 2.67 bits per heavy atom. The maximum atomic E-state index is 9.76. The van der Waals surface area contributed by atoms with Gasteiger partial charge >= 0.3 is 0 Å². The van der Waals surface area contributed by atoms with Crippen LogP contribution in [0.3, 0.4) is 0 Å². The second kappa shape index (κ2) is 6.33. The molecule has 2 aromatic rings. The molecule has 0 spiro atoms. The molecule has 0 amide bonds. The first-order valence-corrected chi connectivity index (χ1v) is 6.06. The van der Waals surface area contributed by atoms with Crippen LogP contribution >= 0.6 is 11.6 Å². The molecule has 0 aliphatic heterocycles. The van der Waals surface area contributed by atoms with E-state index in [9.17, 15) is 5.11 Å². The molecule has 2 rings (SSSR count). The number of benzene rings is 1. The number of aliphatic hydroxyl groups excluding tert-OH is 1. The first-order valence-electron chi connectivity index (χ1n) is 5.68. The second-order valence-electron chi connectivity index (χ2n) is 3.85. The Morgan fingerprint density at radius 1 is 1.22 bits per heavy atom. The molecular weight excluding hydrogens is 252 g/mol. The first kappa shape index (κ1) is 12.8. The Morgan fingerprint density at radius 2 is 1.94 bits per heavy atom. The van der Waals surface area contributed by atoms with Crippen molar-refractivity contribution in [2.45, 2.75) is 6.10 Å². The van der Waals surface area contributed by atoms with Gasteiger partial charge in [0.2, 0.25) is 0 Å². The normalized spacial score (nSPS) is 12.1. The summed E-state index contributed by atoms with van der Waals surface area (Å²) in [4.78, 5) is 0.